The van der Waals surface area contributed by atoms with Crippen LogP contribution in [0, 0.1) is 5.41 Å². The van der Waals surface area contributed by atoms with Crippen LogP contribution in [-0.2, 0) is 4.74 Å². The van der Waals surface area contributed by atoms with Crippen molar-refractivity contribution in [2.45, 2.75) is 32.6 Å². The van der Waals surface area contributed by atoms with Crippen molar-refractivity contribution in [1.29, 1.82) is 0 Å². The van der Waals surface area contributed by atoms with Crippen molar-refractivity contribution in [1.82, 2.24) is 15.0 Å². The summed E-state index contributed by atoms with van der Waals surface area (Å²) in [5.74, 6) is 2.73. The lowest BCUT2D eigenvalue weighted by atomic mass is 9.87. The van der Waals surface area contributed by atoms with Crippen LogP contribution in [0.5, 0.6) is 0 Å². The molecule has 2 aliphatic heterocycles. The van der Waals surface area contributed by atoms with E-state index in [1.165, 1.54) is 6.42 Å². The third kappa shape index (κ3) is 2.81. The monoisotopic (exact) mass is 291 g/mol. The predicted molar refractivity (Wildman–Crippen MR) is 82.9 cm³/mol. The number of hydrogen-bond acceptors (Lipinski definition) is 6. The van der Waals surface area contributed by atoms with Gasteiger partial charge in [-0.1, -0.05) is 13.8 Å². The minimum atomic E-state index is 0.303. The van der Waals surface area contributed by atoms with Crippen LogP contribution in [0.25, 0.3) is 0 Å². The van der Waals surface area contributed by atoms with E-state index in [-0.39, 0.29) is 0 Å². The summed E-state index contributed by atoms with van der Waals surface area (Å²) in [6.07, 6.45) is 2.33. The molecule has 3 rings (SSSR count). The van der Waals surface area contributed by atoms with Gasteiger partial charge in [0, 0.05) is 45.1 Å². The topological polar surface area (TPSA) is 54.4 Å². The maximum Gasteiger partial charge on any atom is 0.230 e. The molecule has 0 radical (unpaired) electrons. The van der Waals surface area contributed by atoms with Gasteiger partial charge in [0.1, 0.15) is 5.82 Å². The van der Waals surface area contributed by atoms with Crippen LogP contribution in [0.4, 0.5) is 11.9 Å². The molecule has 0 saturated carbocycles. The zero-order valence-corrected chi connectivity index (χ0v) is 13.5. The van der Waals surface area contributed by atoms with E-state index in [9.17, 15) is 0 Å². The molecule has 1 unspecified atom stereocenters. The smallest absolute Gasteiger partial charge is 0.230 e. The normalized spacial score (nSPS) is 25.3. The highest BCUT2D eigenvalue weighted by Gasteiger charge is 2.42. The fourth-order valence-corrected chi connectivity index (χ4v) is 3.05. The molecule has 1 aromatic rings. The Kier molecular flexibility index (Phi) is 3.73. The number of aromatic nitrogens is 3. The van der Waals surface area contributed by atoms with Gasteiger partial charge in [-0.25, -0.2) is 0 Å². The van der Waals surface area contributed by atoms with Gasteiger partial charge in [0.2, 0.25) is 11.9 Å². The lowest BCUT2D eigenvalue weighted by molar-refractivity contribution is 0.160. The Hall–Kier alpha value is -1.43. The van der Waals surface area contributed by atoms with Crippen molar-refractivity contribution in [3.05, 3.63) is 5.82 Å². The zero-order chi connectivity index (χ0) is 15.0. The molecule has 0 aliphatic carbocycles. The standard InChI is InChI=1S/C15H25N5O/c1-11(2)12-16-13(19(3)4)18-14(17-12)20-7-5-15(9-20)6-8-21-10-15/h11H,5-10H2,1-4H3. The molecule has 0 bridgehead atoms. The van der Waals surface area contributed by atoms with Crippen molar-refractivity contribution in [2.75, 3.05) is 50.2 Å². The fourth-order valence-electron chi connectivity index (χ4n) is 3.05. The highest BCUT2D eigenvalue weighted by molar-refractivity contribution is 5.40. The van der Waals surface area contributed by atoms with Gasteiger partial charge < -0.3 is 14.5 Å². The first-order valence-corrected chi connectivity index (χ1v) is 7.75. The summed E-state index contributed by atoms with van der Waals surface area (Å²) in [4.78, 5) is 18.1. The van der Waals surface area contributed by atoms with Crippen LogP contribution in [0.2, 0.25) is 0 Å². The summed E-state index contributed by atoms with van der Waals surface area (Å²) < 4.78 is 5.60. The number of anilines is 2. The molecule has 3 heterocycles. The van der Waals surface area contributed by atoms with E-state index >= 15 is 0 Å². The first-order chi connectivity index (χ1) is 9.99. The highest BCUT2D eigenvalue weighted by atomic mass is 16.5. The summed E-state index contributed by atoms with van der Waals surface area (Å²) in [5.41, 5.74) is 0.322. The molecule has 1 atom stereocenters. The van der Waals surface area contributed by atoms with E-state index in [0.29, 0.717) is 11.3 Å². The van der Waals surface area contributed by atoms with Gasteiger partial charge in [-0.2, -0.15) is 15.0 Å². The van der Waals surface area contributed by atoms with Crippen molar-refractivity contribution < 1.29 is 4.74 Å². The second kappa shape index (κ2) is 5.40. The van der Waals surface area contributed by atoms with Crippen LogP contribution in [0.1, 0.15) is 38.4 Å². The lowest BCUT2D eigenvalue weighted by Crippen LogP contribution is -2.29. The zero-order valence-electron chi connectivity index (χ0n) is 13.5. The van der Waals surface area contributed by atoms with E-state index in [1.807, 2.05) is 19.0 Å². The number of rotatable bonds is 3. The largest absolute Gasteiger partial charge is 0.381 e. The molecule has 2 saturated heterocycles. The molecular weight excluding hydrogens is 266 g/mol. The van der Waals surface area contributed by atoms with Crippen molar-refractivity contribution in [2.24, 2.45) is 5.41 Å². The van der Waals surface area contributed by atoms with Gasteiger partial charge in [-0.05, 0) is 12.8 Å². The average Bonchev–Trinajstić information content (AvgIpc) is 3.09. The quantitative estimate of drug-likeness (QED) is 0.844. The van der Waals surface area contributed by atoms with Crippen molar-refractivity contribution >= 4 is 11.9 Å². The summed E-state index contributed by atoms with van der Waals surface area (Å²) in [6.45, 7) is 8.03. The maximum atomic E-state index is 5.60. The second-order valence-electron chi connectivity index (χ2n) is 6.82. The van der Waals surface area contributed by atoms with Crippen LogP contribution < -0.4 is 9.80 Å². The van der Waals surface area contributed by atoms with E-state index in [4.69, 9.17) is 4.74 Å². The Morgan fingerprint density at radius 3 is 2.62 bits per heavy atom. The third-order valence-electron chi connectivity index (χ3n) is 4.45. The van der Waals surface area contributed by atoms with Crippen LogP contribution >= 0.6 is 0 Å². The maximum absolute atomic E-state index is 5.60. The molecule has 1 aromatic heterocycles. The number of ether oxygens (including phenoxy) is 1. The van der Waals surface area contributed by atoms with Crippen LogP contribution in [0.15, 0.2) is 0 Å². The van der Waals surface area contributed by atoms with E-state index in [1.54, 1.807) is 0 Å². The lowest BCUT2D eigenvalue weighted by Gasteiger charge is -2.23. The van der Waals surface area contributed by atoms with Gasteiger partial charge in [0.25, 0.3) is 0 Å². The van der Waals surface area contributed by atoms with E-state index < -0.39 is 0 Å². The van der Waals surface area contributed by atoms with Gasteiger partial charge in [-0.15, -0.1) is 0 Å². The molecule has 1 spiro atoms. The Morgan fingerprint density at radius 2 is 2.00 bits per heavy atom. The minimum absolute atomic E-state index is 0.303. The summed E-state index contributed by atoms with van der Waals surface area (Å²) >= 11 is 0. The summed E-state index contributed by atoms with van der Waals surface area (Å²) in [5, 5.41) is 0. The third-order valence-corrected chi connectivity index (χ3v) is 4.45. The fraction of sp³-hybridized carbons (Fsp3) is 0.800. The molecule has 0 aromatic carbocycles. The first-order valence-electron chi connectivity index (χ1n) is 7.75. The Labute approximate surface area is 126 Å². The number of nitrogens with zero attached hydrogens (tertiary/aromatic N) is 5. The molecule has 0 N–H and O–H groups in total. The van der Waals surface area contributed by atoms with Crippen LogP contribution in [-0.4, -0.2) is 55.4 Å². The SMILES string of the molecule is CC(C)c1nc(N(C)C)nc(N2CCC3(CCOC3)C2)n1. The minimum Gasteiger partial charge on any atom is -0.381 e. The van der Waals surface area contributed by atoms with Gasteiger partial charge >= 0.3 is 0 Å². The Morgan fingerprint density at radius 1 is 1.19 bits per heavy atom. The van der Waals surface area contributed by atoms with E-state index in [0.717, 1.165) is 50.4 Å². The molecule has 116 valence electrons. The molecule has 6 nitrogen and oxygen atoms in total. The number of hydrogen-bond donors (Lipinski definition) is 0. The molecule has 6 heteroatoms. The van der Waals surface area contributed by atoms with Gasteiger partial charge in [-0.3, -0.25) is 0 Å². The van der Waals surface area contributed by atoms with Gasteiger partial charge in [0.15, 0.2) is 0 Å². The first kappa shape index (κ1) is 14.5. The van der Waals surface area contributed by atoms with Crippen molar-refractivity contribution in [3.8, 4) is 0 Å². The Bertz CT molecular complexity index is 485. The molecule has 2 aliphatic rings. The molecule has 2 fully saturated rings. The average molecular weight is 291 g/mol. The van der Waals surface area contributed by atoms with E-state index in [2.05, 4.69) is 33.7 Å². The molecule has 21 heavy (non-hydrogen) atoms. The summed E-state index contributed by atoms with van der Waals surface area (Å²) in [6, 6.07) is 0. The second-order valence-corrected chi connectivity index (χ2v) is 6.82. The predicted octanol–water partition coefficient (Wildman–Crippen LogP) is 1.68. The Balaban J connectivity index is 1.87. The summed E-state index contributed by atoms with van der Waals surface area (Å²) in [7, 11) is 3.94. The molecular formula is C15H25N5O. The van der Waals surface area contributed by atoms with Crippen LogP contribution in [0.3, 0.4) is 0 Å². The van der Waals surface area contributed by atoms with Crippen molar-refractivity contribution in [3.63, 3.8) is 0 Å². The molecule has 0 amide bonds. The highest BCUT2D eigenvalue weighted by Crippen LogP contribution is 2.39. The van der Waals surface area contributed by atoms with Gasteiger partial charge in [0.05, 0.1) is 6.61 Å².